The van der Waals surface area contributed by atoms with E-state index >= 15 is 0 Å². The molecule has 0 aliphatic heterocycles. The molecule has 0 aliphatic carbocycles. The Balaban J connectivity index is 0.000000386. The van der Waals surface area contributed by atoms with Gasteiger partial charge in [0.25, 0.3) is 0 Å². The first kappa shape index (κ1) is 12.3. The Kier molecular flexibility index (Phi) is 5.72. The Labute approximate surface area is 96.3 Å². The minimum absolute atomic E-state index is 1.28. The van der Waals surface area contributed by atoms with Gasteiger partial charge in [0, 0.05) is 0 Å². The van der Waals surface area contributed by atoms with Crippen LogP contribution in [0.2, 0.25) is 0 Å². The first-order valence-electron chi connectivity index (χ1n) is 4.69. The quantitative estimate of drug-likeness (QED) is 0.354. The fraction of sp³-hybridized carbons (Fsp3) is 0. The lowest BCUT2D eigenvalue weighted by atomic mass is 10.4. The van der Waals surface area contributed by atoms with E-state index in [9.17, 15) is 0 Å². The Hall–Kier alpha value is -1.82. The number of nitrogens with zero attached hydrogens (tertiary/aromatic N) is 2. The molecule has 3 nitrogen and oxygen atoms in total. The standard InChI is InChI=1S/C12H10P.HN3/c1-3-7-11(8-4-1)13-12-9-5-2-6-10-12;1-3-2/h1-10H;1H. The summed E-state index contributed by atoms with van der Waals surface area (Å²) in [5.41, 5.74) is 12.2. The lowest BCUT2D eigenvalue weighted by molar-refractivity contribution is 1.45. The van der Waals surface area contributed by atoms with Crippen LogP contribution in [0.3, 0.4) is 0 Å². The number of nitrogens with one attached hydrogen (secondary N) is 1. The van der Waals surface area contributed by atoms with Crippen LogP contribution in [-0.4, -0.2) is 0 Å². The molecule has 0 spiro atoms. The second-order valence-corrected chi connectivity index (χ2v) is 4.14. The highest BCUT2D eigenvalue weighted by atomic mass is 31.1. The monoisotopic (exact) mass is 228 g/mol. The number of rotatable bonds is 2. The summed E-state index contributed by atoms with van der Waals surface area (Å²) in [6.45, 7) is 0. The van der Waals surface area contributed by atoms with Gasteiger partial charge in [0.1, 0.15) is 0 Å². The van der Waals surface area contributed by atoms with Gasteiger partial charge in [0.2, 0.25) is 0 Å². The van der Waals surface area contributed by atoms with E-state index < -0.39 is 0 Å². The zero-order chi connectivity index (χ0) is 11.6. The van der Waals surface area contributed by atoms with Crippen LogP contribution in [0.15, 0.2) is 60.7 Å². The van der Waals surface area contributed by atoms with Gasteiger partial charge >= 0.3 is 0 Å². The zero-order valence-electron chi connectivity index (χ0n) is 8.62. The first-order chi connectivity index (χ1) is 7.86. The normalized spacial score (nSPS) is 8.50. The molecule has 2 rings (SSSR count). The average molecular weight is 228 g/mol. The van der Waals surface area contributed by atoms with Gasteiger partial charge in [0.15, 0.2) is 0 Å². The van der Waals surface area contributed by atoms with Crippen molar-refractivity contribution in [2.75, 3.05) is 0 Å². The lowest BCUT2D eigenvalue weighted by Gasteiger charge is -1.98. The highest BCUT2D eigenvalue weighted by Crippen LogP contribution is 2.08. The number of hydrogen-bond acceptors (Lipinski definition) is 1. The molecular formula is C12H11N3P. The molecule has 16 heavy (non-hydrogen) atoms. The van der Waals surface area contributed by atoms with Crippen LogP contribution in [0.1, 0.15) is 0 Å². The van der Waals surface area contributed by atoms with Gasteiger partial charge in [-0.2, -0.15) is 0 Å². The summed E-state index contributed by atoms with van der Waals surface area (Å²) >= 11 is 0. The Bertz CT molecular complexity index is 399. The van der Waals surface area contributed by atoms with Crippen molar-refractivity contribution in [2.45, 2.75) is 0 Å². The molecule has 0 fully saturated rings. The molecule has 0 unspecified atom stereocenters. The molecule has 1 N–H and O–H groups in total. The summed E-state index contributed by atoms with van der Waals surface area (Å²) in [6.07, 6.45) is 0. The summed E-state index contributed by atoms with van der Waals surface area (Å²) < 4.78 is 0. The topological polar surface area (TPSA) is 60.3 Å². The maximum absolute atomic E-state index is 6.86. The summed E-state index contributed by atoms with van der Waals surface area (Å²) in [5.74, 6) is 0. The van der Waals surface area contributed by atoms with E-state index in [2.05, 4.69) is 48.5 Å². The van der Waals surface area contributed by atoms with Crippen LogP contribution in [0.25, 0.3) is 10.4 Å². The van der Waals surface area contributed by atoms with Crippen molar-refractivity contribution < 1.29 is 0 Å². The minimum Gasteiger partial charge on any atom is -0.108 e. The molecule has 0 atom stereocenters. The van der Waals surface area contributed by atoms with Gasteiger partial charge in [-0.05, 0) is 29.6 Å². The molecule has 0 aromatic heterocycles. The molecule has 0 saturated carbocycles. The maximum atomic E-state index is 6.86. The van der Waals surface area contributed by atoms with Gasteiger partial charge < -0.3 is 0 Å². The van der Waals surface area contributed by atoms with E-state index in [4.69, 9.17) is 11.1 Å². The van der Waals surface area contributed by atoms with Crippen LogP contribution >= 0.6 is 8.58 Å². The van der Waals surface area contributed by atoms with E-state index in [-0.39, 0.29) is 0 Å². The Morgan fingerprint density at radius 1 is 0.812 bits per heavy atom. The molecule has 0 heterocycles. The largest absolute Gasteiger partial charge is 0.108 e. The van der Waals surface area contributed by atoms with Gasteiger partial charge in [-0.25, -0.2) is 0 Å². The molecular weight excluding hydrogens is 217 g/mol. The molecule has 0 amide bonds. The Morgan fingerprint density at radius 2 is 1.12 bits per heavy atom. The van der Waals surface area contributed by atoms with E-state index in [0.29, 0.717) is 0 Å². The second kappa shape index (κ2) is 7.47. The maximum Gasteiger partial charge on any atom is -0.00208 e. The SMILES string of the molecule is [N-]=[N+]=N.c1ccc([P]c2ccccc2)cc1. The van der Waals surface area contributed by atoms with Crippen molar-refractivity contribution in [3.63, 3.8) is 0 Å². The minimum atomic E-state index is 1.28. The van der Waals surface area contributed by atoms with Crippen molar-refractivity contribution in [1.29, 1.82) is 5.53 Å². The zero-order valence-corrected chi connectivity index (χ0v) is 9.51. The molecule has 0 aliphatic rings. The van der Waals surface area contributed by atoms with Crippen molar-refractivity contribution in [1.82, 2.24) is 0 Å². The predicted molar refractivity (Wildman–Crippen MR) is 68.5 cm³/mol. The predicted octanol–water partition coefficient (Wildman–Crippen LogP) is 3.46. The Morgan fingerprint density at radius 3 is 1.44 bits per heavy atom. The molecule has 2 aromatic carbocycles. The molecule has 2 aromatic rings. The molecule has 0 bridgehead atoms. The number of benzene rings is 2. The van der Waals surface area contributed by atoms with E-state index in [1.165, 1.54) is 19.2 Å². The smallest absolute Gasteiger partial charge is 0.00208 e. The molecule has 4 heteroatoms. The van der Waals surface area contributed by atoms with E-state index in [1.807, 2.05) is 12.1 Å². The van der Waals surface area contributed by atoms with Crippen molar-refractivity contribution in [3.05, 3.63) is 71.1 Å². The van der Waals surface area contributed by atoms with Crippen LogP contribution in [0.4, 0.5) is 0 Å². The summed E-state index contributed by atoms with van der Waals surface area (Å²) in [5, 5.41) is 2.68. The van der Waals surface area contributed by atoms with Crippen molar-refractivity contribution in [3.8, 4) is 0 Å². The summed E-state index contributed by atoms with van der Waals surface area (Å²) in [7, 11) is 1.28. The second-order valence-electron chi connectivity index (χ2n) is 2.88. The highest BCUT2D eigenvalue weighted by molar-refractivity contribution is 7.55. The van der Waals surface area contributed by atoms with E-state index in [1.54, 1.807) is 4.91 Å². The summed E-state index contributed by atoms with van der Waals surface area (Å²) in [4.78, 5) is 1.75. The fourth-order valence-corrected chi connectivity index (χ4v) is 2.09. The van der Waals surface area contributed by atoms with Gasteiger partial charge in [-0.15, -0.1) is 5.53 Å². The van der Waals surface area contributed by atoms with Crippen LogP contribution in [-0.2, 0) is 0 Å². The van der Waals surface area contributed by atoms with E-state index in [0.717, 1.165) is 0 Å². The van der Waals surface area contributed by atoms with Crippen LogP contribution in [0.5, 0.6) is 0 Å². The van der Waals surface area contributed by atoms with Crippen LogP contribution in [0, 0.1) is 5.53 Å². The van der Waals surface area contributed by atoms with Gasteiger partial charge in [0.05, 0.1) is 0 Å². The van der Waals surface area contributed by atoms with Gasteiger partial charge in [-0.3, -0.25) is 0 Å². The van der Waals surface area contributed by atoms with Crippen LogP contribution < -0.4 is 10.6 Å². The molecule has 1 radical (unpaired) electrons. The third-order valence-corrected chi connectivity index (χ3v) is 2.88. The third kappa shape index (κ3) is 4.61. The van der Waals surface area contributed by atoms with Gasteiger partial charge in [-0.1, -0.05) is 60.7 Å². The third-order valence-electron chi connectivity index (χ3n) is 1.77. The van der Waals surface area contributed by atoms with Crippen molar-refractivity contribution in [2.24, 2.45) is 0 Å². The highest BCUT2D eigenvalue weighted by Gasteiger charge is 1.93. The molecule has 79 valence electrons. The fourth-order valence-electron chi connectivity index (χ4n) is 1.15. The summed E-state index contributed by atoms with van der Waals surface area (Å²) in [6, 6.07) is 21.0. The number of hydrogen-bond donors (Lipinski definition) is 1. The van der Waals surface area contributed by atoms with Crippen molar-refractivity contribution >= 4 is 19.2 Å². The molecule has 0 saturated heterocycles. The lowest BCUT2D eigenvalue weighted by Crippen LogP contribution is -2.01. The average Bonchev–Trinajstić information content (AvgIpc) is 2.33. The first-order valence-corrected chi connectivity index (χ1v) is 5.59.